The summed E-state index contributed by atoms with van der Waals surface area (Å²) in [5.41, 5.74) is 1.08. The Hall–Kier alpha value is -1.03. The molecule has 1 unspecified atom stereocenters. The summed E-state index contributed by atoms with van der Waals surface area (Å²) in [7, 11) is 0. The van der Waals surface area contributed by atoms with Crippen LogP contribution in [-0.4, -0.2) is 21.3 Å². The number of rotatable bonds is 5. The Morgan fingerprint density at radius 3 is 2.72 bits per heavy atom. The molecule has 1 atom stereocenters. The predicted molar refractivity (Wildman–Crippen MR) is 73.1 cm³/mol. The van der Waals surface area contributed by atoms with Gasteiger partial charge in [-0.25, -0.2) is 4.98 Å². The summed E-state index contributed by atoms with van der Waals surface area (Å²) >= 11 is 11.9. The van der Waals surface area contributed by atoms with E-state index in [1.165, 1.54) is 0 Å². The van der Waals surface area contributed by atoms with Gasteiger partial charge in [-0.3, -0.25) is 0 Å². The van der Waals surface area contributed by atoms with Gasteiger partial charge >= 0.3 is 0 Å². The van der Waals surface area contributed by atoms with Gasteiger partial charge < -0.3 is 9.67 Å². The Kier molecular flexibility index (Phi) is 4.64. The van der Waals surface area contributed by atoms with Gasteiger partial charge in [0.25, 0.3) is 0 Å². The van der Waals surface area contributed by atoms with Crippen LogP contribution < -0.4 is 0 Å². The molecule has 0 saturated heterocycles. The van der Waals surface area contributed by atoms with Crippen molar-refractivity contribution in [2.24, 2.45) is 0 Å². The summed E-state index contributed by atoms with van der Waals surface area (Å²) in [5.74, 6) is 0.193. The number of aliphatic hydroxyl groups excluding tert-OH is 1. The number of benzene rings is 1. The van der Waals surface area contributed by atoms with E-state index in [2.05, 4.69) is 4.98 Å². The summed E-state index contributed by atoms with van der Waals surface area (Å²) in [6.07, 6.45) is 6.09. The molecule has 5 heteroatoms. The smallest absolute Gasteiger partial charge is 0.0946 e. The van der Waals surface area contributed by atoms with Crippen molar-refractivity contribution in [2.45, 2.75) is 18.9 Å². The number of hydrogen-bond donors (Lipinski definition) is 1. The first-order chi connectivity index (χ1) is 8.70. The third-order valence-corrected chi connectivity index (χ3v) is 3.62. The normalized spacial score (nSPS) is 12.6. The summed E-state index contributed by atoms with van der Waals surface area (Å²) in [6, 6.07) is 5.60. The molecule has 0 aliphatic heterocycles. The van der Waals surface area contributed by atoms with E-state index in [0.717, 1.165) is 12.1 Å². The van der Waals surface area contributed by atoms with Crippen LogP contribution in [0.25, 0.3) is 0 Å². The van der Waals surface area contributed by atoms with Gasteiger partial charge in [0.15, 0.2) is 0 Å². The highest BCUT2D eigenvalue weighted by atomic mass is 35.5. The monoisotopic (exact) mass is 284 g/mol. The van der Waals surface area contributed by atoms with Gasteiger partial charge in [-0.1, -0.05) is 29.3 Å². The highest BCUT2D eigenvalue weighted by molar-refractivity contribution is 6.42. The largest absolute Gasteiger partial charge is 0.396 e. The fraction of sp³-hybridized carbons (Fsp3) is 0.308. The van der Waals surface area contributed by atoms with Gasteiger partial charge in [-0.15, -0.1) is 0 Å². The van der Waals surface area contributed by atoms with Crippen molar-refractivity contribution in [3.05, 3.63) is 52.5 Å². The van der Waals surface area contributed by atoms with Crippen molar-refractivity contribution in [3.63, 3.8) is 0 Å². The molecule has 0 aliphatic carbocycles. The molecule has 0 radical (unpaired) electrons. The zero-order valence-corrected chi connectivity index (χ0v) is 11.3. The lowest BCUT2D eigenvalue weighted by Crippen LogP contribution is -2.10. The van der Waals surface area contributed by atoms with Crippen LogP contribution in [0.1, 0.15) is 17.9 Å². The first kappa shape index (κ1) is 13.4. The van der Waals surface area contributed by atoms with E-state index < -0.39 is 0 Å². The molecule has 1 aromatic heterocycles. The van der Waals surface area contributed by atoms with Gasteiger partial charge in [-0.05, 0) is 24.1 Å². The molecule has 3 nitrogen and oxygen atoms in total. The summed E-state index contributed by atoms with van der Waals surface area (Å²) in [5, 5.41) is 10.3. The average molecular weight is 285 g/mol. The molecule has 1 heterocycles. The Morgan fingerprint density at radius 1 is 1.28 bits per heavy atom. The lowest BCUT2D eigenvalue weighted by Gasteiger charge is -2.17. The summed E-state index contributed by atoms with van der Waals surface area (Å²) in [4.78, 5) is 4.01. The minimum atomic E-state index is 0.139. The van der Waals surface area contributed by atoms with Gasteiger partial charge in [0.05, 0.1) is 16.4 Å². The van der Waals surface area contributed by atoms with E-state index in [1.54, 1.807) is 18.6 Å². The lowest BCUT2D eigenvalue weighted by atomic mass is 9.96. The Bertz CT molecular complexity index is 500. The minimum Gasteiger partial charge on any atom is -0.396 e. The quantitative estimate of drug-likeness (QED) is 0.914. The molecule has 0 amide bonds. The second kappa shape index (κ2) is 6.23. The van der Waals surface area contributed by atoms with E-state index in [-0.39, 0.29) is 12.5 Å². The van der Waals surface area contributed by atoms with Crippen LogP contribution >= 0.6 is 23.2 Å². The molecule has 0 bridgehead atoms. The topological polar surface area (TPSA) is 38.0 Å². The third kappa shape index (κ3) is 3.25. The van der Waals surface area contributed by atoms with Crippen molar-refractivity contribution in [1.82, 2.24) is 9.55 Å². The Labute approximate surface area is 116 Å². The molecule has 0 saturated carbocycles. The zero-order valence-electron chi connectivity index (χ0n) is 9.76. The van der Waals surface area contributed by atoms with Crippen molar-refractivity contribution in [1.29, 1.82) is 0 Å². The first-order valence-electron chi connectivity index (χ1n) is 5.72. The second-order valence-electron chi connectivity index (χ2n) is 4.14. The van der Waals surface area contributed by atoms with Crippen molar-refractivity contribution >= 4 is 23.2 Å². The molecule has 2 rings (SSSR count). The van der Waals surface area contributed by atoms with Crippen molar-refractivity contribution in [3.8, 4) is 0 Å². The summed E-state index contributed by atoms with van der Waals surface area (Å²) in [6.45, 7) is 0.901. The maximum Gasteiger partial charge on any atom is 0.0946 e. The van der Waals surface area contributed by atoms with Gasteiger partial charge in [-0.2, -0.15) is 0 Å². The Balaban J connectivity index is 2.20. The van der Waals surface area contributed by atoms with Gasteiger partial charge in [0.1, 0.15) is 0 Å². The maximum absolute atomic E-state index is 9.17. The fourth-order valence-corrected chi connectivity index (χ4v) is 2.24. The van der Waals surface area contributed by atoms with Gasteiger partial charge in [0.2, 0.25) is 0 Å². The maximum atomic E-state index is 9.17. The summed E-state index contributed by atoms with van der Waals surface area (Å²) < 4.78 is 1.99. The molecule has 18 heavy (non-hydrogen) atoms. The highest BCUT2D eigenvalue weighted by Crippen LogP contribution is 2.28. The van der Waals surface area contributed by atoms with E-state index in [4.69, 9.17) is 28.3 Å². The van der Waals surface area contributed by atoms with E-state index >= 15 is 0 Å². The van der Waals surface area contributed by atoms with E-state index in [0.29, 0.717) is 16.5 Å². The number of halogens is 2. The number of aromatic nitrogens is 2. The van der Waals surface area contributed by atoms with Crippen LogP contribution in [0.5, 0.6) is 0 Å². The number of nitrogens with zero attached hydrogens (tertiary/aromatic N) is 2. The highest BCUT2D eigenvalue weighted by Gasteiger charge is 2.13. The molecule has 0 aliphatic rings. The average Bonchev–Trinajstić information content (AvgIpc) is 2.85. The lowest BCUT2D eigenvalue weighted by molar-refractivity contribution is 0.269. The molecule has 1 N–H and O–H groups in total. The van der Waals surface area contributed by atoms with Crippen molar-refractivity contribution in [2.75, 3.05) is 6.61 Å². The van der Waals surface area contributed by atoms with Crippen LogP contribution in [0, 0.1) is 0 Å². The Morgan fingerprint density at radius 2 is 2.11 bits per heavy atom. The molecule has 2 aromatic rings. The number of hydrogen-bond acceptors (Lipinski definition) is 2. The van der Waals surface area contributed by atoms with E-state index in [1.807, 2.05) is 22.9 Å². The molecule has 0 spiro atoms. The number of imidazole rings is 1. The molecule has 1 aromatic carbocycles. The van der Waals surface area contributed by atoms with E-state index in [9.17, 15) is 0 Å². The zero-order chi connectivity index (χ0) is 13.0. The van der Waals surface area contributed by atoms with Gasteiger partial charge in [0, 0.05) is 31.5 Å². The van der Waals surface area contributed by atoms with Crippen LogP contribution in [0.15, 0.2) is 36.9 Å². The van der Waals surface area contributed by atoms with Crippen LogP contribution in [0.3, 0.4) is 0 Å². The predicted octanol–water partition coefficient (Wildman–Crippen LogP) is 3.36. The molecular formula is C13H14Cl2N2O. The second-order valence-corrected chi connectivity index (χ2v) is 4.96. The standard InChI is InChI=1S/C13H14Cl2N2O/c14-12-2-1-10(7-13(12)15)11(3-6-18)8-17-5-4-16-9-17/h1-2,4-5,7,9,11,18H,3,6,8H2. The molecular weight excluding hydrogens is 271 g/mol. The number of aliphatic hydroxyl groups is 1. The van der Waals surface area contributed by atoms with Crippen molar-refractivity contribution < 1.29 is 5.11 Å². The fourth-order valence-electron chi connectivity index (χ4n) is 1.93. The first-order valence-corrected chi connectivity index (χ1v) is 6.48. The van der Waals surface area contributed by atoms with Crippen LogP contribution in [-0.2, 0) is 6.54 Å². The molecule has 0 fully saturated rings. The minimum absolute atomic E-state index is 0.139. The molecule has 96 valence electrons. The SMILES string of the molecule is OCCC(Cn1ccnc1)c1ccc(Cl)c(Cl)c1. The third-order valence-electron chi connectivity index (χ3n) is 2.88. The van der Waals surface area contributed by atoms with Crippen LogP contribution in [0.2, 0.25) is 10.0 Å². The van der Waals surface area contributed by atoms with Crippen LogP contribution in [0.4, 0.5) is 0 Å².